The molecule has 0 bridgehead atoms. The molecule has 0 aliphatic heterocycles. The molecule has 0 spiro atoms. The quantitative estimate of drug-likeness (QED) is 0.812. The van der Waals surface area contributed by atoms with Gasteiger partial charge in [-0.25, -0.2) is 4.79 Å². The summed E-state index contributed by atoms with van der Waals surface area (Å²) in [6.07, 6.45) is 1.54. The molecule has 0 fully saturated rings. The maximum absolute atomic E-state index is 12.5. The molecule has 1 heterocycles. The van der Waals surface area contributed by atoms with Crippen molar-refractivity contribution in [3.05, 3.63) is 30.1 Å². The van der Waals surface area contributed by atoms with Crippen LogP contribution in [0.1, 0.15) is 60.2 Å². The first-order chi connectivity index (χ1) is 10.9. The van der Waals surface area contributed by atoms with Gasteiger partial charge in [0.25, 0.3) is 0 Å². The third-order valence-corrected chi connectivity index (χ3v) is 3.88. The average molecular weight is 335 g/mol. The molecule has 0 saturated carbocycles. The maximum atomic E-state index is 12.5. The lowest BCUT2D eigenvalue weighted by molar-refractivity contribution is 0.00360. The molecule has 0 radical (unpaired) electrons. The van der Waals surface area contributed by atoms with Crippen molar-refractivity contribution >= 4 is 6.09 Å². The van der Waals surface area contributed by atoms with Crippen LogP contribution in [0.4, 0.5) is 4.79 Å². The minimum atomic E-state index is -0.492. The molecule has 0 saturated heterocycles. The zero-order valence-corrected chi connectivity index (χ0v) is 16.5. The maximum Gasteiger partial charge on any atom is 0.410 e. The van der Waals surface area contributed by atoms with Gasteiger partial charge in [-0.1, -0.05) is 6.07 Å². The first-order valence-electron chi connectivity index (χ1n) is 8.53. The number of aromatic nitrogens is 1. The standard InChI is InChI=1S/C19H33N3O2/c1-15(16-11-9-10-12-20-16)21(8)13-14-22(18(2,3)4)17(23)24-19(5,6)7/h9-12,15H,13-14H2,1-8H3/t15-/m1/s1. The van der Waals surface area contributed by atoms with Crippen LogP contribution in [-0.4, -0.2) is 52.2 Å². The Morgan fingerprint density at radius 3 is 2.25 bits per heavy atom. The van der Waals surface area contributed by atoms with Crippen molar-refractivity contribution in [3.8, 4) is 0 Å². The number of likely N-dealkylation sites (N-methyl/N-ethyl adjacent to an activating group) is 1. The Hall–Kier alpha value is -1.62. The molecule has 24 heavy (non-hydrogen) atoms. The van der Waals surface area contributed by atoms with Crippen molar-refractivity contribution in [3.63, 3.8) is 0 Å². The fraction of sp³-hybridized carbons (Fsp3) is 0.684. The summed E-state index contributed by atoms with van der Waals surface area (Å²) < 4.78 is 5.56. The Balaban J connectivity index is 2.73. The molecule has 0 aliphatic carbocycles. The number of carbonyl (C=O) groups is 1. The molecule has 0 aromatic carbocycles. The van der Waals surface area contributed by atoms with E-state index in [0.29, 0.717) is 6.54 Å². The summed E-state index contributed by atoms with van der Waals surface area (Å²) in [7, 11) is 2.05. The van der Waals surface area contributed by atoms with Crippen molar-refractivity contribution in [1.29, 1.82) is 0 Å². The number of carbonyl (C=O) groups excluding carboxylic acids is 1. The van der Waals surface area contributed by atoms with E-state index in [0.717, 1.165) is 12.2 Å². The van der Waals surface area contributed by atoms with Crippen LogP contribution in [0.5, 0.6) is 0 Å². The van der Waals surface area contributed by atoms with Gasteiger partial charge in [-0.05, 0) is 67.6 Å². The molecule has 1 aromatic rings. The number of hydrogen-bond acceptors (Lipinski definition) is 4. The predicted molar refractivity (Wildman–Crippen MR) is 98.0 cm³/mol. The van der Waals surface area contributed by atoms with Gasteiger partial charge in [-0.3, -0.25) is 9.88 Å². The van der Waals surface area contributed by atoms with E-state index in [1.54, 1.807) is 4.90 Å². The summed E-state index contributed by atoms with van der Waals surface area (Å²) in [6, 6.07) is 6.12. The van der Waals surface area contributed by atoms with Crippen LogP contribution in [0.15, 0.2) is 24.4 Å². The van der Waals surface area contributed by atoms with Gasteiger partial charge in [-0.15, -0.1) is 0 Å². The molecular formula is C19H33N3O2. The highest BCUT2D eigenvalue weighted by molar-refractivity contribution is 5.69. The van der Waals surface area contributed by atoms with Gasteiger partial charge >= 0.3 is 6.09 Å². The molecule has 0 N–H and O–H groups in total. The molecule has 136 valence electrons. The second-order valence-corrected chi connectivity index (χ2v) is 8.21. The molecule has 1 amide bonds. The van der Waals surface area contributed by atoms with Crippen LogP contribution in [0.3, 0.4) is 0 Å². The number of hydrogen-bond donors (Lipinski definition) is 0. The number of nitrogens with zero attached hydrogens (tertiary/aromatic N) is 3. The summed E-state index contributed by atoms with van der Waals surface area (Å²) in [5, 5.41) is 0. The topological polar surface area (TPSA) is 45.7 Å². The first-order valence-corrected chi connectivity index (χ1v) is 8.53. The van der Waals surface area contributed by atoms with Crippen molar-refractivity contribution in [2.45, 2.75) is 65.6 Å². The van der Waals surface area contributed by atoms with Crippen molar-refractivity contribution in [2.24, 2.45) is 0 Å². The third kappa shape index (κ3) is 6.48. The molecule has 0 aliphatic rings. The van der Waals surface area contributed by atoms with Gasteiger partial charge in [0, 0.05) is 30.9 Å². The van der Waals surface area contributed by atoms with E-state index < -0.39 is 5.60 Å². The molecule has 1 aromatic heterocycles. The van der Waals surface area contributed by atoms with Gasteiger partial charge in [0.1, 0.15) is 5.60 Å². The van der Waals surface area contributed by atoms with Gasteiger partial charge in [0.15, 0.2) is 0 Å². The predicted octanol–water partition coefficient (Wildman–Crippen LogP) is 4.11. The zero-order valence-electron chi connectivity index (χ0n) is 16.5. The summed E-state index contributed by atoms with van der Waals surface area (Å²) in [5.74, 6) is 0. The van der Waals surface area contributed by atoms with Crippen LogP contribution < -0.4 is 0 Å². The van der Waals surface area contributed by atoms with Crippen molar-refractivity contribution < 1.29 is 9.53 Å². The molecular weight excluding hydrogens is 302 g/mol. The fourth-order valence-corrected chi connectivity index (χ4v) is 2.32. The second-order valence-electron chi connectivity index (χ2n) is 8.21. The smallest absolute Gasteiger partial charge is 0.410 e. The zero-order chi connectivity index (χ0) is 18.5. The first kappa shape index (κ1) is 20.4. The lowest BCUT2D eigenvalue weighted by Gasteiger charge is -2.38. The van der Waals surface area contributed by atoms with Gasteiger partial charge in [-0.2, -0.15) is 0 Å². The minimum absolute atomic E-state index is 0.187. The van der Waals surface area contributed by atoms with Crippen LogP contribution in [0.2, 0.25) is 0 Å². The van der Waals surface area contributed by atoms with E-state index in [2.05, 4.69) is 23.9 Å². The molecule has 5 heteroatoms. The van der Waals surface area contributed by atoms with Crippen LogP contribution in [0.25, 0.3) is 0 Å². The van der Waals surface area contributed by atoms with Gasteiger partial charge in [0.05, 0.1) is 5.69 Å². The van der Waals surface area contributed by atoms with Crippen LogP contribution in [-0.2, 0) is 4.74 Å². The number of amides is 1. The Kier molecular flexibility index (Phi) is 6.78. The summed E-state index contributed by atoms with van der Waals surface area (Å²) in [6.45, 7) is 15.2. The highest BCUT2D eigenvalue weighted by Gasteiger charge is 2.30. The largest absolute Gasteiger partial charge is 0.444 e. The third-order valence-electron chi connectivity index (χ3n) is 3.88. The average Bonchev–Trinajstić information content (AvgIpc) is 2.44. The van der Waals surface area contributed by atoms with Crippen molar-refractivity contribution in [2.75, 3.05) is 20.1 Å². The van der Waals surface area contributed by atoms with E-state index in [1.165, 1.54) is 0 Å². The van der Waals surface area contributed by atoms with Crippen LogP contribution in [0, 0.1) is 0 Å². The lowest BCUT2D eigenvalue weighted by atomic mass is 10.1. The van der Waals surface area contributed by atoms with E-state index in [9.17, 15) is 4.79 Å². The summed E-state index contributed by atoms with van der Waals surface area (Å²) in [5.41, 5.74) is 0.241. The number of pyridine rings is 1. The molecule has 5 nitrogen and oxygen atoms in total. The SMILES string of the molecule is C[C@H](c1ccccn1)N(C)CCN(C(=O)OC(C)(C)C)C(C)(C)C. The fourth-order valence-electron chi connectivity index (χ4n) is 2.32. The van der Waals surface area contributed by atoms with E-state index >= 15 is 0 Å². The van der Waals surface area contributed by atoms with E-state index in [1.807, 2.05) is 65.9 Å². The monoisotopic (exact) mass is 335 g/mol. The molecule has 0 unspecified atom stereocenters. The van der Waals surface area contributed by atoms with Gasteiger partial charge < -0.3 is 9.64 Å². The van der Waals surface area contributed by atoms with E-state index in [4.69, 9.17) is 4.74 Å². The lowest BCUT2D eigenvalue weighted by Crippen LogP contribution is -2.50. The van der Waals surface area contributed by atoms with Gasteiger partial charge in [0.2, 0.25) is 0 Å². The number of ether oxygens (including phenoxy) is 1. The Bertz CT molecular complexity index is 518. The van der Waals surface area contributed by atoms with E-state index in [-0.39, 0.29) is 17.7 Å². The van der Waals surface area contributed by atoms with Crippen molar-refractivity contribution in [1.82, 2.24) is 14.8 Å². The highest BCUT2D eigenvalue weighted by Crippen LogP contribution is 2.20. The molecule has 1 atom stereocenters. The second kappa shape index (κ2) is 7.97. The number of rotatable bonds is 5. The normalized spacial score (nSPS) is 13.7. The Morgan fingerprint density at radius 1 is 1.17 bits per heavy atom. The Morgan fingerprint density at radius 2 is 1.79 bits per heavy atom. The summed E-state index contributed by atoms with van der Waals surface area (Å²) in [4.78, 5) is 20.9. The highest BCUT2D eigenvalue weighted by atomic mass is 16.6. The minimum Gasteiger partial charge on any atom is -0.444 e. The summed E-state index contributed by atoms with van der Waals surface area (Å²) >= 11 is 0. The Labute approximate surface area is 147 Å². The van der Waals surface area contributed by atoms with Crippen LogP contribution >= 0.6 is 0 Å². The molecule has 1 rings (SSSR count).